The summed E-state index contributed by atoms with van der Waals surface area (Å²) in [6.07, 6.45) is 1.56. The summed E-state index contributed by atoms with van der Waals surface area (Å²) in [6, 6.07) is 7.21. The van der Waals surface area contributed by atoms with Crippen molar-refractivity contribution in [1.29, 1.82) is 5.26 Å². The van der Waals surface area contributed by atoms with Gasteiger partial charge in [0.2, 0.25) is 0 Å². The van der Waals surface area contributed by atoms with Gasteiger partial charge in [-0.3, -0.25) is 0 Å². The van der Waals surface area contributed by atoms with E-state index in [2.05, 4.69) is 38.5 Å². The Morgan fingerprint density at radius 3 is 2.88 bits per heavy atom. The van der Waals surface area contributed by atoms with E-state index in [0.717, 1.165) is 0 Å². The third-order valence-electron chi connectivity index (χ3n) is 2.13. The monoisotopic (exact) mass is 241 g/mol. The molecule has 0 N–H and O–H groups in total. The first-order valence-electron chi connectivity index (χ1n) is 4.75. The average Bonchev–Trinajstić information content (AvgIpc) is 2.76. The first-order valence-corrected chi connectivity index (χ1v) is 5.16. The Hall–Kier alpha value is -2.35. The number of rotatable bonds is 2. The van der Waals surface area contributed by atoms with Crippen LogP contribution in [0.25, 0.3) is 5.69 Å². The minimum Gasteiger partial charge on any atom is -0.220 e. The standard InChI is InChI=1S/C11H7N5S/c1-8-13-6-16(15-8)11-3-2-10(14-7-17)4-9(11)5-12/h2-4,6H,1H3. The van der Waals surface area contributed by atoms with Crippen molar-refractivity contribution in [1.82, 2.24) is 14.8 Å². The SMILES string of the molecule is Cc1ncn(-c2ccc(N=C=S)cc2C#N)n1. The van der Waals surface area contributed by atoms with Crippen molar-refractivity contribution in [2.24, 2.45) is 4.99 Å². The van der Waals surface area contributed by atoms with E-state index in [-0.39, 0.29) is 0 Å². The molecule has 0 unspecified atom stereocenters. The zero-order chi connectivity index (χ0) is 12.3. The molecule has 0 bridgehead atoms. The van der Waals surface area contributed by atoms with Crippen LogP contribution in [0.4, 0.5) is 5.69 Å². The fourth-order valence-electron chi connectivity index (χ4n) is 1.40. The highest BCUT2D eigenvalue weighted by atomic mass is 32.1. The van der Waals surface area contributed by atoms with Crippen molar-refractivity contribution in [3.05, 3.63) is 35.9 Å². The van der Waals surface area contributed by atoms with Gasteiger partial charge in [-0.2, -0.15) is 15.4 Å². The van der Waals surface area contributed by atoms with E-state index < -0.39 is 0 Å². The van der Waals surface area contributed by atoms with Crippen molar-refractivity contribution in [2.75, 3.05) is 0 Å². The molecule has 0 aliphatic heterocycles. The lowest BCUT2D eigenvalue weighted by Gasteiger charge is -2.03. The molecule has 0 spiro atoms. The number of isothiocyanates is 1. The summed E-state index contributed by atoms with van der Waals surface area (Å²) in [7, 11) is 0. The molecule has 0 radical (unpaired) electrons. The summed E-state index contributed by atoms with van der Waals surface area (Å²) >= 11 is 4.52. The molecule has 2 aromatic rings. The maximum Gasteiger partial charge on any atom is 0.147 e. The van der Waals surface area contributed by atoms with Crippen molar-refractivity contribution in [3.8, 4) is 11.8 Å². The number of nitrogens with zero attached hydrogens (tertiary/aromatic N) is 5. The van der Waals surface area contributed by atoms with Gasteiger partial charge in [0.15, 0.2) is 0 Å². The molecule has 2 rings (SSSR count). The number of aryl methyl sites for hydroxylation is 1. The third-order valence-corrected chi connectivity index (χ3v) is 2.22. The van der Waals surface area contributed by atoms with Crippen molar-refractivity contribution in [3.63, 3.8) is 0 Å². The number of hydrogen-bond acceptors (Lipinski definition) is 5. The second-order valence-corrected chi connectivity index (χ2v) is 3.44. The van der Waals surface area contributed by atoms with E-state index >= 15 is 0 Å². The van der Waals surface area contributed by atoms with Gasteiger partial charge in [-0.25, -0.2) is 9.67 Å². The number of aromatic nitrogens is 3. The summed E-state index contributed by atoms with van der Waals surface area (Å²) in [4.78, 5) is 7.84. The molecule has 0 saturated carbocycles. The van der Waals surface area contributed by atoms with Crippen molar-refractivity contribution >= 4 is 23.1 Å². The maximum atomic E-state index is 9.08. The van der Waals surface area contributed by atoms with Gasteiger partial charge in [-0.1, -0.05) is 0 Å². The molecule has 0 fully saturated rings. The molecule has 1 heterocycles. The third kappa shape index (κ3) is 2.26. The number of hydrogen-bond donors (Lipinski definition) is 0. The van der Waals surface area contributed by atoms with Crippen LogP contribution in [0.1, 0.15) is 11.4 Å². The quantitative estimate of drug-likeness (QED) is 0.597. The molecule has 0 aliphatic rings. The molecule has 5 nitrogen and oxygen atoms in total. The molecule has 0 saturated heterocycles. The van der Waals surface area contributed by atoms with Gasteiger partial charge in [0.25, 0.3) is 0 Å². The Bertz CT molecular complexity index is 646. The smallest absolute Gasteiger partial charge is 0.147 e. The zero-order valence-electron chi connectivity index (χ0n) is 8.95. The van der Waals surface area contributed by atoms with Crippen LogP contribution >= 0.6 is 12.2 Å². The lowest BCUT2D eigenvalue weighted by atomic mass is 10.2. The number of thiocarbonyl (C=S) groups is 1. The highest BCUT2D eigenvalue weighted by Crippen LogP contribution is 2.20. The summed E-state index contributed by atoms with van der Waals surface area (Å²) in [6.45, 7) is 1.79. The van der Waals surface area contributed by atoms with E-state index in [9.17, 15) is 0 Å². The second-order valence-electron chi connectivity index (χ2n) is 3.25. The molecule has 1 aromatic carbocycles. The molecular formula is C11H7N5S. The predicted molar refractivity (Wildman–Crippen MR) is 65.5 cm³/mol. The largest absolute Gasteiger partial charge is 0.220 e. The Labute approximate surface area is 103 Å². The van der Waals surface area contributed by atoms with E-state index in [4.69, 9.17) is 5.26 Å². The van der Waals surface area contributed by atoms with Gasteiger partial charge in [0.1, 0.15) is 18.2 Å². The van der Waals surface area contributed by atoms with Crippen LogP contribution in [-0.4, -0.2) is 19.9 Å². The summed E-state index contributed by atoms with van der Waals surface area (Å²) in [5.41, 5.74) is 1.72. The van der Waals surface area contributed by atoms with Crippen molar-refractivity contribution in [2.45, 2.75) is 6.92 Å². The van der Waals surface area contributed by atoms with Crippen LogP contribution in [0.5, 0.6) is 0 Å². The molecule has 17 heavy (non-hydrogen) atoms. The highest BCUT2D eigenvalue weighted by molar-refractivity contribution is 7.78. The second kappa shape index (κ2) is 4.66. The molecule has 0 aliphatic carbocycles. The number of aliphatic imine (C=N–C) groups is 1. The fourth-order valence-corrected chi connectivity index (χ4v) is 1.50. The minimum atomic E-state index is 0.460. The molecule has 82 valence electrons. The normalized spacial score (nSPS) is 9.41. The van der Waals surface area contributed by atoms with Crippen LogP contribution in [-0.2, 0) is 0 Å². The Kier molecular flexibility index (Phi) is 3.06. The number of benzene rings is 1. The first-order chi connectivity index (χ1) is 8.24. The topological polar surface area (TPSA) is 66.9 Å². The van der Waals surface area contributed by atoms with E-state index in [0.29, 0.717) is 22.8 Å². The van der Waals surface area contributed by atoms with Crippen LogP contribution in [0.15, 0.2) is 29.5 Å². The maximum absolute atomic E-state index is 9.08. The highest BCUT2D eigenvalue weighted by Gasteiger charge is 2.06. The van der Waals surface area contributed by atoms with Crippen LogP contribution in [0.3, 0.4) is 0 Å². The molecular weight excluding hydrogens is 234 g/mol. The van der Waals surface area contributed by atoms with Gasteiger partial charge < -0.3 is 0 Å². The Morgan fingerprint density at radius 1 is 1.47 bits per heavy atom. The molecule has 6 heteroatoms. The van der Waals surface area contributed by atoms with Gasteiger partial charge in [-0.15, -0.1) is 0 Å². The molecule has 0 atom stereocenters. The fraction of sp³-hybridized carbons (Fsp3) is 0.0909. The van der Waals surface area contributed by atoms with Gasteiger partial charge in [0, 0.05) is 0 Å². The van der Waals surface area contributed by atoms with Crippen molar-refractivity contribution < 1.29 is 0 Å². The van der Waals surface area contributed by atoms with Crippen LogP contribution in [0.2, 0.25) is 0 Å². The van der Waals surface area contributed by atoms with Gasteiger partial charge in [0.05, 0.1) is 22.1 Å². The Balaban J connectivity index is 2.56. The van der Waals surface area contributed by atoms with E-state index in [1.54, 1.807) is 36.1 Å². The summed E-state index contributed by atoms with van der Waals surface area (Å²) < 4.78 is 1.55. The summed E-state index contributed by atoms with van der Waals surface area (Å²) in [5.74, 6) is 0.648. The minimum absolute atomic E-state index is 0.460. The lowest BCUT2D eigenvalue weighted by molar-refractivity contribution is 0.860. The van der Waals surface area contributed by atoms with Crippen LogP contribution < -0.4 is 0 Å². The van der Waals surface area contributed by atoms with Crippen LogP contribution in [0, 0.1) is 18.3 Å². The molecule has 1 aromatic heterocycles. The average molecular weight is 241 g/mol. The van der Waals surface area contributed by atoms with E-state index in [1.807, 2.05) is 0 Å². The lowest BCUT2D eigenvalue weighted by Crippen LogP contribution is -1.98. The van der Waals surface area contributed by atoms with Gasteiger partial charge in [-0.05, 0) is 37.3 Å². The molecule has 0 amide bonds. The first kappa shape index (κ1) is 11.1. The zero-order valence-corrected chi connectivity index (χ0v) is 9.77. The van der Waals surface area contributed by atoms with E-state index in [1.165, 1.54) is 0 Å². The summed E-state index contributed by atoms with van der Waals surface area (Å²) in [5, 5.41) is 15.5. The van der Waals surface area contributed by atoms with Gasteiger partial charge >= 0.3 is 0 Å². The predicted octanol–water partition coefficient (Wildman–Crippen LogP) is 2.18. The number of nitriles is 1. The Morgan fingerprint density at radius 2 is 2.29 bits per heavy atom.